The average molecular weight is 486 g/mol. The molecule has 180 valence electrons. The van der Waals surface area contributed by atoms with Crippen LogP contribution in [0, 0.1) is 0 Å². The predicted molar refractivity (Wildman–Crippen MR) is 143 cm³/mol. The molecule has 3 aromatic carbocycles. The maximum atomic E-state index is 13.5. The van der Waals surface area contributed by atoms with Crippen molar-refractivity contribution < 1.29 is 8.42 Å². The number of nitrogens with zero attached hydrogens (tertiary/aromatic N) is 2. The van der Waals surface area contributed by atoms with Crippen LogP contribution in [0.5, 0.6) is 0 Å². The molecule has 35 heavy (non-hydrogen) atoms. The molecule has 2 aliphatic rings. The van der Waals surface area contributed by atoms with E-state index in [9.17, 15) is 8.42 Å². The van der Waals surface area contributed by atoms with E-state index < -0.39 is 10.0 Å². The molecule has 0 aliphatic carbocycles. The summed E-state index contributed by atoms with van der Waals surface area (Å²) < 4.78 is 28.6. The van der Waals surface area contributed by atoms with E-state index >= 15 is 0 Å². The van der Waals surface area contributed by atoms with Crippen LogP contribution in [0.15, 0.2) is 77.8 Å². The molecular formula is C29H31N3O2S. The number of aromatic nitrogens is 1. The number of hydrogen-bond acceptors (Lipinski definition) is 3. The number of aromatic amines is 1. The highest BCUT2D eigenvalue weighted by Gasteiger charge is 2.28. The number of rotatable bonds is 5. The van der Waals surface area contributed by atoms with Crippen LogP contribution in [0.1, 0.15) is 30.4 Å². The molecule has 0 spiro atoms. The molecule has 5 nitrogen and oxygen atoms in total. The van der Waals surface area contributed by atoms with E-state index in [0.29, 0.717) is 30.4 Å². The first-order chi connectivity index (χ1) is 17.0. The minimum absolute atomic E-state index is 0.391. The fraction of sp³-hybridized carbons (Fsp3) is 0.310. The van der Waals surface area contributed by atoms with Crippen LogP contribution >= 0.6 is 0 Å². The summed E-state index contributed by atoms with van der Waals surface area (Å²) in [7, 11) is -1.34. The molecule has 1 aromatic heterocycles. The lowest BCUT2D eigenvalue weighted by Gasteiger charge is -2.26. The smallest absolute Gasteiger partial charge is 0.243 e. The zero-order chi connectivity index (χ0) is 24.0. The van der Waals surface area contributed by atoms with Crippen LogP contribution in [0.2, 0.25) is 0 Å². The lowest BCUT2D eigenvalue weighted by atomic mass is 9.96. The Bertz CT molecular complexity index is 1530. The van der Waals surface area contributed by atoms with Crippen molar-refractivity contribution in [2.24, 2.45) is 0 Å². The van der Waals surface area contributed by atoms with Crippen LogP contribution in [0.3, 0.4) is 0 Å². The molecule has 2 aliphatic heterocycles. The second-order valence-electron chi connectivity index (χ2n) is 9.87. The second kappa shape index (κ2) is 8.94. The molecule has 0 bridgehead atoms. The number of likely N-dealkylation sites (tertiary alicyclic amines) is 1. The highest BCUT2D eigenvalue weighted by molar-refractivity contribution is 7.89. The molecule has 3 heterocycles. The Hall–Kier alpha value is -2.93. The van der Waals surface area contributed by atoms with Crippen LogP contribution in [-0.4, -0.2) is 55.3 Å². The van der Waals surface area contributed by atoms with E-state index in [1.165, 1.54) is 47.0 Å². The highest BCUT2D eigenvalue weighted by atomic mass is 32.2. The maximum absolute atomic E-state index is 13.5. The van der Waals surface area contributed by atoms with Crippen molar-refractivity contribution >= 4 is 37.3 Å². The zero-order valence-corrected chi connectivity index (χ0v) is 20.9. The van der Waals surface area contributed by atoms with Gasteiger partial charge in [-0.2, -0.15) is 4.31 Å². The molecule has 1 N–H and O–H groups in total. The minimum Gasteiger partial charge on any atom is -0.361 e. The summed E-state index contributed by atoms with van der Waals surface area (Å²) in [6.45, 7) is 2.07. The molecule has 1 fully saturated rings. The van der Waals surface area contributed by atoms with E-state index in [4.69, 9.17) is 0 Å². The lowest BCUT2D eigenvalue weighted by Crippen LogP contribution is -2.34. The predicted octanol–water partition coefficient (Wildman–Crippen LogP) is 5.44. The van der Waals surface area contributed by atoms with Gasteiger partial charge in [-0.3, -0.25) is 0 Å². The average Bonchev–Trinajstić information content (AvgIpc) is 3.49. The molecule has 1 saturated heterocycles. The molecule has 6 heteroatoms. The van der Waals surface area contributed by atoms with E-state index in [1.54, 1.807) is 10.4 Å². The van der Waals surface area contributed by atoms with Crippen molar-refractivity contribution in [3.63, 3.8) is 0 Å². The molecule has 0 saturated carbocycles. The van der Waals surface area contributed by atoms with Gasteiger partial charge in [-0.05, 0) is 79.6 Å². The molecule has 6 rings (SSSR count). The number of benzene rings is 3. The number of nitrogens with one attached hydrogen (secondary N) is 1. The molecule has 0 radical (unpaired) electrons. The SMILES string of the molecule is CN1CCC[C@@H]1Cc1c[nH]c2ccc(C3=CCN(S(=O)(=O)c4cccc5ccccc45)CC3)cc12. The summed E-state index contributed by atoms with van der Waals surface area (Å²) in [6.07, 6.45) is 8.56. The Morgan fingerprint density at radius 1 is 1.00 bits per heavy atom. The summed E-state index contributed by atoms with van der Waals surface area (Å²) in [6, 6.07) is 20.4. The fourth-order valence-corrected chi connectivity index (χ4v) is 7.32. The number of sulfonamides is 1. The van der Waals surface area contributed by atoms with Gasteiger partial charge in [-0.1, -0.05) is 48.5 Å². The molecule has 0 unspecified atom stereocenters. The van der Waals surface area contributed by atoms with Crippen LogP contribution in [-0.2, 0) is 16.4 Å². The Kier molecular flexibility index (Phi) is 5.75. The standard InChI is InChI=1S/C29H31N3O2S/c1-31-15-5-8-25(31)18-24-20-30-28-12-11-23(19-27(24)28)21-13-16-32(17-14-21)35(33,34)29-10-4-7-22-6-2-3-9-26(22)29/h2-4,6-7,9-13,19-20,25,30H,5,8,14-18H2,1H3/t25-/m1/s1. The third-order valence-electron chi connectivity index (χ3n) is 7.80. The van der Waals surface area contributed by atoms with Gasteiger partial charge in [-0.15, -0.1) is 0 Å². The van der Waals surface area contributed by atoms with Gasteiger partial charge in [0.2, 0.25) is 10.0 Å². The summed E-state index contributed by atoms with van der Waals surface area (Å²) in [4.78, 5) is 6.30. The third kappa shape index (κ3) is 4.10. The summed E-state index contributed by atoms with van der Waals surface area (Å²) in [5, 5.41) is 3.01. The highest BCUT2D eigenvalue weighted by Crippen LogP contribution is 2.32. The summed E-state index contributed by atoms with van der Waals surface area (Å²) in [5.74, 6) is 0. The van der Waals surface area contributed by atoms with Crippen molar-refractivity contribution in [1.29, 1.82) is 0 Å². The van der Waals surface area contributed by atoms with E-state index in [1.807, 2.05) is 36.4 Å². The molecule has 4 aromatic rings. The van der Waals surface area contributed by atoms with E-state index in [2.05, 4.69) is 47.4 Å². The van der Waals surface area contributed by atoms with Gasteiger partial charge < -0.3 is 9.88 Å². The number of fused-ring (bicyclic) bond motifs is 2. The van der Waals surface area contributed by atoms with Crippen molar-refractivity contribution in [1.82, 2.24) is 14.2 Å². The van der Waals surface area contributed by atoms with Gasteiger partial charge in [0.25, 0.3) is 0 Å². The lowest BCUT2D eigenvalue weighted by molar-refractivity contribution is 0.310. The molecule has 1 atom stereocenters. The van der Waals surface area contributed by atoms with Crippen LogP contribution in [0.4, 0.5) is 0 Å². The first-order valence-corrected chi connectivity index (χ1v) is 13.9. The molecule has 0 amide bonds. The Balaban J connectivity index is 1.26. The number of likely N-dealkylation sites (N-methyl/N-ethyl adjacent to an activating group) is 1. The van der Waals surface area contributed by atoms with Gasteiger partial charge in [0.05, 0.1) is 4.90 Å². The van der Waals surface area contributed by atoms with Gasteiger partial charge in [-0.25, -0.2) is 8.42 Å². The quantitative estimate of drug-likeness (QED) is 0.410. The summed E-state index contributed by atoms with van der Waals surface area (Å²) in [5.41, 5.74) is 4.96. The molecular weight excluding hydrogens is 454 g/mol. The summed E-state index contributed by atoms with van der Waals surface area (Å²) >= 11 is 0. The van der Waals surface area contributed by atoms with Gasteiger partial charge in [0.1, 0.15) is 0 Å². The van der Waals surface area contributed by atoms with Crippen LogP contribution in [0.25, 0.3) is 27.2 Å². The second-order valence-corrected chi connectivity index (χ2v) is 11.8. The van der Waals surface area contributed by atoms with Crippen molar-refractivity contribution in [3.8, 4) is 0 Å². The Labute approximate surface area is 207 Å². The maximum Gasteiger partial charge on any atom is 0.243 e. The van der Waals surface area contributed by atoms with Crippen molar-refractivity contribution in [3.05, 3.63) is 84.1 Å². The van der Waals surface area contributed by atoms with Gasteiger partial charge in [0, 0.05) is 41.6 Å². The number of H-pyrrole nitrogens is 1. The number of hydrogen-bond donors (Lipinski definition) is 1. The minimum atomic E-state index is -3.57. The van der Waals surface area contributed by atoms with Gasteiger partial charge in [0.15, 0.2) is 0 Å². The topological polar surface area (TPSA) is 56.4 Å². The van der Waals surface area contributed by atoms with Crippen molar-refractivity contribution in [2.75, 3.05) is 26.7 Å². The zero-order valence-electron chi connectivity index (χ0n) is 20.1. The van der Waals surface area contributed by atoms with E-state index in [-0.39, 0.29) is 0 Å². The fourth-order valence-electron chi connectivity index (χ4n) is 5.73. The largest absolute Gasteiger partial charge is 0.361 e. The van der Waals surface area contributed by atoms with Crippen LogP contribution < -0.4 is 0 Å². The third-order valence-corrected chi connectivity index (χ3v) is 9.73. The normalized spacial score (nSPS) is 20.0. The van der Waals surface area contributed by atoms with E-state index in [0.717, 1.165) is 17.2 Å². The first kappa shape index (κ1) is 22.5. The monoisotopic (exact) mass is 485 g/mol. The van der Waals surface area contributed by atoms with Crippen molar-refractivity contribution in [2.45, 2.75) is 36.6 Å². The Morgan fingerprint density at radius 3 is 2.66 bits per heavy atom. The van der Waals surface area contributed by atoms with Gasteiger partial charge >= 0.3 is 0 Å². The Morgan fingerprint density at radius 2 is 1.86 bits per heavy atom. The first-order valence-electron chi connectivity index (χ1n) is 12.5.